The number of carbonyl (C=O) groups is 1. The van der Waals surface area contributed by atoms with Crippen molar-refractivity contribution in [1.29, 1.82) is 0 Å². The summed E-state index contributed by atoms with van der Waals surface area (Å²) in [4.78, 5) is 14.0. The van der Waals surface area contributed by atoms with Crippen LogP contribution in [0, 0.1) is 6.92 Å². The minimum absolute atomic E-state index is 0.0316. The molecule has 1 amide bonds. The van der Waals surface area contributed by atoms with E-state index >= 15 is 0 Å². The Morgan fingerprint density at radius 1 is 1.47 bits per heavy atom. The zero-order chi connectivity index (χ0) is 13.9. The molecule has 1 aliphatic heterocycles. The average Bonchev–Trinajstić information content (AvgIpc) is 2.27. The summed E-state index contributed by atoms with van der Waals surface area (Å²) in [5, 5.41) is 2.92. The van der Waals surface area contributed by atoms with Gasteiger partial charge in [0.1, 0.15) is 0 Å². The van der Waals surface area contributed by atoms with E-state index in [0.717, 1.165) is 37.2 Å². The Morgan fingerprint density at radius 2 is 2.21 bits per heavy atom. The smallest absolute Gasteiger partial charge is 0.238 e. The summed E-state index contributed by atoms with van der Waals surface area (Å²) in [6.07, 6.45) is 2.13. The van der Waals surface area contributed by atoms with E-state index in [1.165, 1.54) is 0 Å². The molecule has 19 heavy (non-hydrogen) atoms. The van der Waals surface area contributed by atoms with E-state index < -0.39 is 0 Å². The molecular formula is C15H23N3O. The first-order valence-corrected chi connectivity index (χ1v) is 6.88. The highest BCUT2D eigenvalue weighted by molar-refractivity contribution is 5.92. The molecular weight excluding hydrogens is 238 g/mol. The van der Waals surface area contributed by atoms with Gasteiger partial charge in [-0.25, -0.2) is 0 Å². The topological polar surface area (TPSA) is 58.4 Å². The zero-order valence-corrected chi connectivity index (χ0v) is 11.8. The Balaban J connectivity index is 1.77. The lowest BCUT2D eigenvalue weighted by molar-refractivity contribution is -0.119. The number of nitrogens with one attached hydrogen (secondary N) is 1. The van der Waals surface area contributed by atoms with Gasteiger partial charge in [-0.3, -0.25) is 9.69 Å². The van der Waals surface area contributed by atoms with Gasteiger partial charge in [-0.2, -0.15) is 0 Å². The largest absolute Gasteiger partial charge is 0.325 e. The van der Waals surface area contributed by atoms with E-state index in [9.17, 15) is 4.79 Å². The second kappa shape index (κ2) is 5.72. The van der Waals surface area contributed by atoms with Crippen LogP contribution in [-0.2, 0) is 4.79 Å². The van der Waals surface area contributed by atoms with Gasteiger partial charge in [-0.05, 0) is 31.0 Å². The molecule has 0 aliphatic carbocycles. The van der Waals surface area contributed by atoms with Crippen LogP contribution < -0.4 is 11.1 Å². The molecule has 0 spiro atoms. The fraction of sp³-hybridized carbons (Fsp3) is 0.533. The number of likely N-dealkylation sites (tertiary alicyclic amines) is 1. The number of nitrogens with zero attached hydrogens (tertiary/aromatic N) is 1. The number of nitrogens with two attached hydrogens (primary N) is 1. The molecule has 4 heteroatoms. The molecule has 2 rings (SSSR count). The van der Waals surface area contributed by atoms with Crippen LogP contribution in [0.5, 0.6) is 0 Å². The van der Waals surface area contributed by atoms with Crippen molar-refractivity contribution in [3.63, 3.8) is 0 Å². The molecule has 0 unspecified atom stereocenters. The number of hydrogen-bond donors (Lipinski definition) is 2. The summed E-state index contributed by atoms with van der Waals surface area (Å²) in [7, 11) is 0. The first kappa shape index (κ1) is 14.0. The van der Waals surface area contributed by atoms with Crippen LogP contribution in [0.3, 0.4) is 0 Å². The Kier molecular flexibility index (Phi) is 4.22. The molecule has 0 radical (unpaired) electrons. The SMILES string of the molecule is CCCC1(N)CN(CC(=O)Nc2cccc(C)c2)C1. The molecule has 1 aliphatic rings. The summed E-state index contributed by atoms with van der Waals surface area (Å²) in [5.41, 5.74) is 8.11. The highest BCUT2D eigenvalue weighted by Gasteiger charge is 2.38. The van der Waals surface area contributed by atoms with Gasteiger partial charge < -0.3 is 11.1 Å². The molecule has 3 N–H and O–H groups in total. The fourth-order valence-electron chi connectivity index (χ4n) is 2.74. The second-order valence-corrected chi connectivity index (χ2v) is 5.68. The Bertz CT molecular complexity index is 452. The quantitative estimate of drug-likeness (QED) is 0.849. The predicted molar refractivity (Wildman–Crippen MR) is 78.1 cm³/mol. The van der Waals surface area contributed by atoms with Crippen LogP contribution >= 0.6 is 0 Å². The minimum atomic E-state index is -0.0711. The van der Waals surface area contributed by atoms with Crippen molar-refractivity contribution in [2.45, 2.75) is 32.2 Å². The maximum Gasteiger partial charge on any atom is 0.238 e. The normalized spacial score (nSPS) is 17.8. The number of anilines is 1. The molecule has 1 aromatic carbocycles. The molecule has 0 atom stereocenters. The molecule has 0 saturated carbocycles. The highest BCUT2D eigenvalue weighted by atomic mass is 16.2. The van der Waals surface area contributed by atoms with Crippen LogP contribution in [0.25, 0.3) is 0 Å². The number of carbonyl (C=O) groups excluding carboxylic acids is 1. The molecule has 0 bridgehead atoms. The van der Waals surface area contributed by atoms with Crippen LogP contribution in [0.4, 0.5) is 5.69 Å². The van der Waals surface area contributed by atoms with Crippen molar-refractivity contribution in [3.05, 3.63) is 29.8 Å². The molecule has 0 aromatic heterocycles. The first-order valence-electron chi connectivity index (χ1n) is 6.88. The number of amides is 1. The average molecular weight is 261 g/mol. The number of rotatable bonds is 5. The molecule has 1 heterocycles. The van der Waals surface area contributed by atoms with Crippen molar-refractivity contribution < 1.29 is 4.79 Å². The Labute approximate surface area is 115 Å². The van der Waals surface area contributed by atoms with Crippen LogP contribution in [0.2, 0.25) is 0 Å². The third kappa shape index (κ3) is 3.78. The van der Waals surface area contributed by atoms with Crippen molar-refractivity contribution >= 4 is 11.6 Å². The Morgan fingerprint density at radius 3 is 2.84 bits per heavy atom. The van der Waals surface area contributed by atoms with E-state index in [2.05, 4.69) is 17.1 Å². The Hall–Kier alpha value is -1.39. The second-order valence-electron chi connectivity index (χ2n) is 5.68. The van der Waals surface area contributed by atoms with Crippen LogP contribution in [0.15, 0.2) is 24.3 Å². The molecule has 1 fully saturated rings. The van der Waals surface area contributed by atoms with E-state index in [1.807, 2.05) is 31.2 Å². The van der Waals surface area contributed by atoms with Gasteiger partial charge in [0.05, 0.1) is 6.54 Å². The van der Waals surface area contributed by atoms with E-state index in [0.29, 0.717) is 6.54 Å². The zero-order valence-electron chi connectivity index (χ0n) is 11.8. The van der Waals surface area contributed by atoms with Gasteiger partial charge in [0, 0.05) is 24.3 Å². The monoisotopic (exact) mass is 261 g/mol. The highest BCUT2D eigenvalue weighted by Crippen LogP contribution is 2.22. The van der Waals surface area contributed by atoms with Gasteiger partial charge in [0.15, 0.2) is 0 Å². The van der Waals surface area contributed by atoms with Crippen molar-refractivity contribution in [2.24, 2.45) is 5.73 Å². The lowest BCUT2D eigenvalue weighted by Crippen LogP contribution is -2.68. The minimum Gasteiger partial charge on any atom is -0.325 e. The number of aryl methyl sites for hydroxylation is 1. The number of hydrogen-bond acceptors (Lipinski definition) is 3. The van der Waals surface area contributed by atoms with Crippen molar-refractivity contribution in [3.8, 4) is 0 Å². The standard InChI is InChI=1S/C15H23N3O/c1-3-7-15(16)10-18(11-15)9-14(19)17-13-6-4-5-12(2)8-13/h4-6,8H,3,7,9-11,16H2,1-2H3,(H,17,19). The lowest BCUT2D eigenvalue weighted by Gasteiger charge is -2.47. The lowest BCUT2D eigenvalue weighted by atomic mass is 9.86. The predicted octanol–water partition coefficient (Wildman–Crippen LogP) is 1.75. The van der Waals surface area contributed by atoms with Gasteiger partial charge in [-0.1, -0.05) is 25.5 Å². The van der Waals surface area contributed by atoms with E-state index in [-0.39, 0.29) is 11.4 Å². The van der Waals surface area contributed by atoms with Crippen molar-refractivity contribution in [2.75, 3.05) is 25.0 Å². The number of benzene rings is 1. The first-order chi connectivity index (χ1) is 9.00. The van der Waals surface area contributed by atoms with Gasteiger partial charge >= 0.3 is 0 Å². The third-order valence-corrected chi connectivity index (χ3v) is 3.49. The third-order valence-electron chi connectivity index (χ3n) is 3.49. The van der Waals surface area contributed by atoms with E-state index in [1.54, 1.807) is 0 Å². The summed E-state index contributed by atoms with van der Waals surface area (Å²) in [5.74, 6) is 0.0316. The summed E-state index contributed by atoms with van der Waals surface area (Å²) in [6.45, 7) is 6.22. The van der Waals surface area contributed by atoms with Gasteiger partial charge in [0.2, 0.25) is 5.91 Å². The maximum atomic E-state index is 11.9. The summed E-state index contributed by atoms with van der Waals surface area (Å²) >= 11 is 0. The van der Waals surface area contributed by atoms with Gasteiger partial charge in [-0.15, -0.1) is 0 Å². The van der Waals surface area contributed by atoms with Crippen LogP contribution in [0.1, 0.15) is 25.3 Å². The van der Waals surface area contributed by atoms with E-state index in [4.69, 9.17) is 5.73 Å². The van der Waals surface area contributed by atoms with Crippen LogP contribution in [-0.4, -0.2) is 36.0 Å². The van der Waals surface area contributed by atoms with Gasteiger partial charge in [0.25, 0.3) is 0 Å². The summed E-state index contributed by atoms with van der Waals surface area (Å²) < 4.78 is 0. The molecule has 1 saturated heterocycles. The molecule has 4 nitrogen and oxygen atoms in total. The maximum absolute atomic E-state index is 11.9. The summed E-state index contributed by atoms with van der Waals surface area (Å²) in [6, 6.07) is 7.84. The fourth-order valence-corrected chi connectivity index (χ4v) is 2.74. The molecule has 1 aromatic rings. The molecule has 104 valence electrons. The van der Waals surface area contributed by atoms with Crippen molar-refractivity contribution in [1.82, 2.24) is 4.90 Å².